The van der Waals surface area contributed by atoms with Crippen LogP contribution in [-0.4, -0.2) is 33.8 Å². The molecule has 1 aliphatic heterocycles. The predicted molar refractivity (Wildman–Crippen MR) is 154 cm³/mol. The van der Waals surface area contributed by atoms with Crippen LogP contribution in [0.5, 0.6) is 0 Å². The number of anilines is 1. The van der Waals surface area contributed by atoms with Crippen molar-refractivity contribution < 1.29 is 19.5 Å². The molecule has 0 saturated carbocycles. The van der Waals surface area contributed by atoms with Crippen LogP contribution < -0.4 is 5.32 Å². The lowest BCUT2D eigenvalue weighted by atomic mass is 9.77. The molecule has 1 saturated heterocycles. The van der Waals surface area contributed by atoms with Crippen molar-refractivity contribution in [1.29, 1.82) is 0 Å². The Morgan fingerprint density at radius 3 is 2.15 bits per heavy atom. The Labute approximate surface area is 235 Å². The molecule has 1 aromatic heterocycles. The Balaban J connectivity index is 1.74. The summed E-state index contributed by atoms with van der Waals surface area (Å²) in [6.07, 6.45) is 0. The van der Waals surface area contributed by atoms with Crippen LogP contribution in [0.3, 0.4) is 0 Å². The van der Waals surface area contributed by atoms with Crippen molar-refractivity contribution in [3.63, 3.8) is 0 Å². The van der Waals surface area contributed by atoms with E-state index in [1.54, 1.807) is 60.7 Å². The van der Waals surface area contributed by atoms with Gasteiger partial charge in [-0.3, -0.25) is 4.79 Å². The Morgan fingerprint density at radius 1 is 0.872 bits per heavy atom. The normalized spacial score (nSPS) is 20.5. The molecule has 1 aliphatic rings. The zero-order chi connectivity index (χ0) is 27.7. The molecule has 0 spiro atoms. The summed E-state index contributed by atoms with van der Waals surface area (Å²) in [6.45, 7) is 3.77. The molecule has 8 heteroatoms. The zero-order valence-corrected chi connectivity index (χ0v) is 22.9. The van der Waals surface area contributed by atoms with Crippen LogP contribution in [0.4, 0.5) is 10.5 Å². The maximum atomic E-state index is 14.5. The van der Waals surface area contributed by atoms with Crippen molar-refractivity contribution in [2.24, 2.45) is 5.92 Å². The van der Waals surface area contributed by atoms with Gasteiger partial charge in [0.05, 0.1) is 12.0 Å². The van der Waals surface area contributed by atoms with Gasteiger partial charge in [-0.1, -0.05) is 66.2 Å². The maximum absolute atomic E-state index is 14.5. The second-order valence-corrected chi connectivity index (χ2v) is 11.1. The molecule has 2 amide bonds. The van der Waals surface area contributed by atoms with Gasteiger partial charge in [-0.2, -0.15) is 0 Å². The number of nitrogens with one attached hydrogen (secondary N) is 1. The Morgan fingerprint density at radius 2 is 1.54 bits per heavy atom. The molecule has 0 aliphatic carbocycles. The zero-order valence-electron chi connectivity index (χ0n) is 21.4. The number of urea groups is 1. The summed E-state index contributed by atoms with van der Waals surface area (Å²) in [6, 6.07) is 22.2. The molecule has 5 rings (SSSR count). The van der Waals surface area contributed by atoms with Crippen molar-refractivity contribution >= 4 is 46.4 Å². The van der Waals surface area contributed by atoms with E-state index in [2.05, 4.69) is 5.32 Å². The van der Waals surface area contributed by atoms with Crippen LogP contribution >= 0.6 is 22.9 Å². The Bertz CT molecular complexity index is 1520. The number of carbonyl (C=O) groups excluding carboxylic acids is 2. The van der Waals surface area contributed by atoms with Gasteiger partial charge >= 0.3 is 12.0 Å². The number of aliphatic carboxylic acids is 1. The van der Waals surface area contributed by atoms with Gasteiger partial charge in [0.1, 0.15) is 6.04 Å². The third kappa shape index (κ3) is 5.07. The van der Waals surface area contributed by atoms with E-state index in [9.17, 15) is 19.5 Å². The number of carboxylic acid groups (broad SMARTS) is 1. The monoisotopic (exact) mass is 558 g/mol. The van der Waals surface area contributed by atoms with E-state index in [0.29, 0.717) is 21.8 Å². The highest BCUT2D eigenvalue weighted by Crippen LogP contribution is 2.53. The summed E-state index contributed by atoms with van der Waals surface area (Å²) in [5.74, 6) is -2.99. The van der Waals surface area contributed by atoms with Gasteiger partial charge in [0, 0.05) is 27.1 Å². The summed E-state index contributed by atoms with van der Waals surface area (Å²) >= 11 is 7.61. The number of carbonyl (C=O) groups is 3. The van der Waals surface area contributed by atoms with Crippen LogP contribution in [0.15, 0.2) is 90.3 Å². The summed E-state index contributed by atoms with van der Waals surface area (Å²) in [5.41, 5.74) is 3.35. The molecule has 3 aromatic carbocycles. The minimum absolute atomic E-state index is 0.202. The second-order valence-electron chi connectivity index (χ2n) is 9.68. The molecule has 4 unspecified atom stereocenters. The first-order valence-electron chi connectivity index (χ1n) is 12.5. The molecule has 39 heavy (non-hydrogen) atoms. The van der Waals surface area contributed by atoms with Crippen molar-refractivity contribution in [2.45, 2.75) is 31.8 Å². The van der Waals surface area contributed by atoms with Gasteiger partial charge < -0.3 is 15.3 Å². The molecule has 0 radical (unpaired) electrons. The highest BCUT2D eigenvalue weighted by Gasteiger charge is 2.58. The molecule has 6 nitrogen and oxygen atoms in total. The number of Topliss-reactive ketones (excluding diaryl/α,β-unsaturated/α-hetero) is 1. The van der Waals surface area contributed by atoms with Crippen LogP contribution in [0.1, 0.15) is 43.9 Å². The summed E-state index contributed by atoms with van der Waals surface area (Å²) < 4.78 is 0. The average Bonchev–Trinajstić information content (AvgIpc) is 3.50. The van der Waals surface area contributed by atoms with Crippen LogP contribution in [-0.2, 0) is 4.79 Å². The van der Waals surface area contributed by atoms with E-state index < -0.39 is 35.9 Å². The fourth-order valence-electron chi connectivity index (χ4n) is 5.54. The van der Waals surface area contributed by atoms with E-state index in [-0.39, 0.29) is 5.78 Å². The number of ketones is 1. The predicted octanol–water partition coefficient (Wildman–Crippen LogP) is 7.34. The van der Waals surface area contributed by atoms with E-state index >= 15 is 0 Å². The van der Waals surface area contributed by atoms with Crippen LogP contribution in [0.2, 0.25) is 5.02 Å². The molecule has 0 bridgehead atoms. The Kier molecular flexibility index (Phi) is 7.55. The molecule has 2 heterocycles. The second kappa shape index (κ2) is 11.0. The summed E-state index contributed by atoms with van der Waals surface area (Å²) in [7, 11) is 0. The third-order valence-corrected chi connectivity index (χ3v) is 8.68. The quantitative estimate of drug-likeness (QED) is 0.242. The number of hydrogen-bond donors (Lipinski definition) is 2. The summed E-state index contributed by atoms with van der Waals surface area (Å²) in [4.78, 5) is 43.6. The van der Waals surface area contributed by atoms with E-state index in [0.717, 1.165) is 16.0 Å². The van der Waals surface area contributed by atoms with Crippen molar-refractivity contribution in [3.05, 3.63) is 122 Å². The van der Waals surface area contributed by atoms with Crippen LogP contribution in [0.25, 0.3) is 0 Å². The largest absolute Gasteiger partial charge is 0.480 e. The molecular formula is C31H27ClN2O4S. The first kappa shape index (κ1) is 26.7. The lowest BCUT2D eigenvalue weighted by Gasteiger charge is -2.30. The lowest BCUT2D eigenvalue weighted by molar-refractivity contribution is -0.142. The van der Waals surface area contributed by atoms with E-state index in [4.69, 9.17) is 11.6 Å². The fraction of sp³-hybridized carbons (Fsp3) is 0.194. The van der Waals surface area contributed by atoms with Crippen molar-refractivity contribution in [2.75, 3.05) is 5.32 Å². The number of likely N-dealkylation sites (tertiary alicyclic amines) is 1. The van der Waals surface area contributed by atoms with Crippen molar-refractivity contribution in [3.8, 4) is 0 Å². The number of hydrogen-bond acceptors (Lipinski definition) is 4. The molecule has 2 N–H and O–H groups in total. The minimum atomic E-state index is -1.29. The van der Waals surface area contributed by atoms with Crippen LogP contribution in [0, 0.1) is 19.8 Å². The fourth-order valence-corrected chi connectivity index (χ4v) is 6.77. The highest BCUT2D eigenvalue weighted by atomic mass is 35.5. The minimum Gasteiger partial charge on any atom is -0.480 e. The number of halogens is 1. The third-order valence-electron chi connectivity index (χ3n) is 7.31. The van der Waals surface area contributed by atoms with Gasteiger partial charge in [0.25, 0.3) is 0 Å². The number of amides is 2. The van der Waals surface area contributed by atoms with Gasteiger partial charge in [-0.05, 0) is 66.2 Å². The number of nitrogens with zero attached hydrogens (tertiary/aromatic N) is 1. The van der Waals surface area contributed by atoms with Gasteiger partial charge in [0.2, 0.25) is 0 Å². The topological polar surface area (TPSA) is 86.7 Å². The number of rotatable bonds is 6. The number of thiophene rings is 1. The molecular weight excluding hydrogens is 532 g/mol. The Hall–Kier alpha value is -3.94. The number of aryl methyl sites for hydroxylation is 2. The van der Waals surface area contributed by atoms with Gasteiger partial charge in [-0.15, -0.1) is 11.3 Å². The first-order chi connectivity index (χ1) is 18.8. The van der Waals surface area contributed by atoms with Crippen molar-refractivity contribution in [1.82, 2.24) is 4.90 Å². The lowest BCUT2D eigenvalue weighted by Crippen LogP contribution is -2.45. The van der Waals surface area contributed by atoms with E-state index in [1.807, 2.05) is 43.5 Å². The molecule has 4 aromatic rings. The van der Waals surface area contributed by atoms with Gasteiger partial charge in [-0.25, -0.2) is 9.59 Å². The summed E-state index contributed by atoms with van der Waals surface area (Å²) in [5, 5.41) is 15.9. The smallest absolute Gasteiger partial charge is 0.327 e. The number of benzene rings is 3. The molecule has 1 fully saturated rings. The SMILES string of the molecule is Cc1ccccc1C(=O)C1C(c2sccc2C)C(C(=O)O)N(C(=O)Nc2ccccc2)C1c1ccc(Cl)cc1. The first-order valence-corrected chi connectivity index (χ1v) is 13.8. The number of para-hydroxylation sites is 1. The molecule has 4 atom stereocenters. The average molecular weight is 559 g/mol. The molecule has 198 valence electrons. The van der Waals surface area contributed by atoms with Gasteiger partial charge in [0.15, 0.2) is 5.78 Å². The number of carboxylic acids is 1. The highest BCUT2D eigenvalue weighted by molar-refractivity contribution is 7.10. The maximum Gasteiger partial charge on any atom is 0.327 e. The standard InChI is InChI=1S/C31H27ClN2O4S/c1-18-8-6-7-11-23(18)28(35)24-25(29-19(2)16-17-39-29)27(30(36)37)34(26(24)20-12-14-21(32)15-13-20)31(38)33-22-9-4-3-5-10-22/h3-17,24-27H,1-2H3,(H,33,38)(H,36,37). The van der Waals surface area contributed by atoms with E-state index in [1.165, 1.54) is 16.2 Å².